The highest BCUT2D eigenvalue weighted by Gasteiger charge is 2.38. The molecular formula is C27H25F2N7O. The van der Waals surface area contributed by atoms with Crippen LogP contribution in [0.3, 0.4) is 0 Å². The van der Waals surface area contributed by atoms with Gasteiger partial charge in [-0.05, 0) is 67.6 Å². The van der Waals surface area contributed by atoms with E-state index >= 15 is 4.39 Å². The van der Waals surface area contributed by atoms with Gasteiger partial charge in [0, 0.05) is 37.6 Å². The molecule has 1 N–H and O–H groups in total. The van der Waals surface area contributed by atoms with Crippen molar-refractivity contribution in [3.63, 3.8) is 0 Å². The summed E-state index contributed by atoms with van der Waals surface area (Å²) < 4.78 is 33.2. The highest BCUT2D eigenvalue weighted by Crippen LogP contribution is 2.38. The predicted molar refractivity (Wildman–Crippen MR) is 136 cm³/mol. The minimum Gasteiger partial charge on any atom is -0.354 e. The van der Waals surface area contributed by atoms with Crippen LogP contribution in [0.2, 0.25) is 0 Å². The number of rotatable bonds is 3. The van der Waals surface area contributed by atoms with Crippen LogP contribution in [0.25, 0.3) is 28.0 Å². The van der Waals surface area contributed by atoms with Crippen LogP contribution in [0.15, 0.2) is 47.4 Å². The molecule has 4 heterocycles. The zero-order valence-corrected chi connectivity index (χ0v) is 20.3. The molecule has 188 valence electrons. The van der Waals surface area contributed by atoms with Gasteiger partial charge in [0.15, 0.2) is 5.82 Å². The fourth-order valence-electron chi connectivity index (χ4n) is 5.58. The van der Waals surface area contributed by atoms with Gasteiger partial charge in [0.1, 0.15) is 17.7 Å². The number of benzene rings is 2. The number of nitriles is 1. The van der Waals surface area contributed by atoms with Gasteiger partial charge in [0.2, 0.25) is 5.82 Å². The molecule has 1 spiro atoms. The number of aryl methyl sites for hydroxylation is 1. The zero-order chi connectivity index (χ0) is 25.7. The van der Waals surface area contributed by atoms with E-state index in [9.17, 15) is 9.18 Å². The lowest BCUT2D eigenvalue weighted by atomic mass is 9.78. The Bertz CT molecular complexity index is 1620. The molecule has 8 nitrogen and oxygen atoms in total. The summed E-state index contributed by atoms with van der Waals surface area (Å²) in [6.07, 6.45) is 4.50. The van der Waals surface area contributed by atoms with Gasteiger partial charge in [-0.2, -0.15) is 14.8 Å². The van der Waals surface area contributed by atoms with E-state index in [1.165, 1.54) is 16.7 Å². The standard InChI is InChI=1S/C27H25F2N7O/c1-34-22-5-4-20(12-19(22)15-32-34)36-24(17-2-3-18(14-30)21(28)13-17)33-25(23(29)26(36)37)35-10-7-27(8-11-35)6-9-31-16-27/h2-5,12-13,15,31H,6-11,16H2,1H3. The summed E-state index contributed by atoms with van der Waals surface area (Å²) in [7, 11) is 1.81. The first-order valence-corrected chi connectivity index (χ1v) is 12.3. The Morgan fingerprint density at radius 3 is 2.62 bits per heavy atom. The minimum atomic E-state index is -0.940. The van der Waals surface area contributed by atoms with Gasteiger partial charge in [-0.25, -0.2) is 9.37 Å². The predicted octanol–water partition coefficient (Wildman–Crippen LogP) is 3.52. The molecule has 0 unspecified atom stereocenters. The fourth-order valence-corrected chi connectivity index (χ4v) is 5.58. The van der Waals surface area contributed by atoms with Crippen LogP contribution in [0.5, 0.6) is 0 Å². The van der Waals surface area contributed by atoms with Crippen molar-refractivity contribution in [1.29, 1.82) is 5.26 Å². The molecule has 6 rings (SSSR count). The van der Waals surface area contributed by atoms with Crippen molar-refractivity contribution in [3.8, 4) is 23.1 Å². The largest absolute Gasteiger partial charge is 0.354 e. The van der Waals surface area contributed by atoms with Crippen LogP contribution in [-0.2, 0) is 7.05 Å². The monoisotopic (exact) mass is 501 g/mol. The number of fused-ring (bicyclic) bond motifs is 1. The topological polar surface area (TPSA) is 91.8 Å². The van der Waals surface area contributed by atoms with Crippen molar-refractivity contribution in [2.45, 2.75) is 19.3 Å². The maximum absolute atomic E-state index is 15.7. The van der Waals surface area contributed by atoms with Crippen LogP contribution in [0.4, 0.5) is 14.6 Å². The Hall–Kier alpha value is -4.10. The van der Waals surface area contributed by atoms with E-state index in [2.05, 4.69) is 15.4 Å². The number of anilines is 1. The van der Waals surface area contributed by atoms with Crippen LogP contribution in [-0.4, -0.2) is 45.5 Å². The van der Waals surface area contributed by atoms with E-state index in [1.807, 2.05) is 4.90 Å². The molecule has 0 amide bonds. The molecule has 2 fully saturated rings. The van der Waals surface area contributed by atoms with Gasteiger partial charge in [-0.15, -0.1) is 0 Å². The SMILES string of the molecule is Cn1ncc2cc(-n3c(-c4ccc(C#N)c(F)c4)nc(N4CCC5(CCNC5)CC4)c(F)c3=O)ccc21. The molecule has 4 aromatic rings. The van der Waals surface area contributed by atoms with Crippen molar-refractivity contribution in [2.24, 2.45) is 12.5 Å². The first kappa shape index (κ1) is 23.3. The van der Waals surface area contributed by atoms with Crippen molar-refractivity contribution in [3.05, 3.63) is 70.1 Å². The average Bonchev–Trinajstić information content (AvgIpc) is 3.52. The molecule has 0 radical (unpaired) electrons. The van der Waals surface area contributed by atoms with E-state index in [1.54, 1.807) is 42.2 Å². The molecule has 37 heavy (non-hydrogen) atoms. The summed E-state index contributed by atoms with van der Waals surface area (Å²) in [4.78, 5) is 20.0. The Labute approximate surface area is 211 Å². The summed E-state index contributed by atoms with van der Waals surface area (Å²) in [5.41, 5.74) is 0.725. The van der Waals surface area contributed by atoms with Crippen molar-refractivity contribution in [1.82, 2.24) is 24.6 Å². The third-order valence-electron chi connectivity index (χ3n) is 7.80. The second kappa shape index (κ2) is 8.78. The van der Waals surface area contributed by atoms with Crippen molar-refractivity contribution < 1.29 is 8.78 Å². The maximum Gasteiger partial charge on any atom is 0.296 e. The summed E-state index contributed by atoms with van der Waals surface area (Å²) in [6.45, 7) is 3.10. The lowest BCUT2D eigenvalue weighted by Gasteiger charge is -2.39. The third-order valence-corrected chi connectivity index (χ3v) is 7.80. The molecular weight excluding hydrogens is 476 g/mol. The van der Waals surface area contributed by atoms with Gasteiger partial charge in [-0.3, -0.25) is 14.0 Å². The molecule has 2 aromatic carbocycles. The normalized spacial score (nSPS) is 17.0. The molecule has 0 atom stereocenters. The quantitative estimate of drug-likeness (QED) is 0.462. The molecule has 2 saturated heterocycles. The summed E-state index contributed by atoms with van der Waals surface area (Å²) in [5.74, 6) is -1.59. The number of hydrogen-bond donors (Lipinski definition) is 1. The van der Waals surface area contributed by atoms with Crippen LogP contribution < -0.4 is 15.8 Å². The second-order valence-electron chi connectivity index (χ2n) is 9.95. The van der Waals surface area contributed by atoms with Crippen molar-refractivity contribution >= 4 is 16.7 Å². The first-order chi connectivity index (χ1) is 17.9. The first-order valence-electron chi connectivity index (χ1n) is 12.3. The molecule has 2 aromatic heterocycles. The minimum absolute atomic E-state index is 0.0238. The van der Waals surface area contributed by atoms with E-state index in [0.717, 1.165) is 49.3 Å². The molecule has 10 heteroatoms. The number of hydrogen-bond acceptors (Lipinski definition) is 6. The molecule has 2 aliphatic rings. The molecule has 0 aliphatic carbocycles. The van der Waals surface area contributed by atoms with E-state index in [4.69, 9.17) is 5.26 Å². The van der Waals surface area contributed by atoms with Gasteiger partial charge in [0.05, 0.1) is 23.0 Å². The number of aromatic nitrogens is 4. The number of piperidine rings is 1. The van der Waals surface area contributed by atoms with Gasteiger partial charge >= 0.3 is 0 Å². The smallest absolute Gasteiger partial charge is 0.296 e. The summed E-state index contributed by atoms with van der Waals surface area (Å²) >= 11 is 0. The lowest BCUT2D eigenvalue weighted by Crippen LogP contribution is -2.43. The van der Waals surface area contributed by atoms with Gasteiger partial charge < -0.3 is 10.2 Å². The lowest BCUT2D eigenvalue weighted by molar-refractivity contribution is 0.246. The summed E-state index contributed by atoms with van der Waals surface area (Å²) in [5, 5.41) is 17.6. The van der Waals surface area contributed by atoms with Gasteiger partial charge in [0.25, 0.3) is 5.56 Å². The zero-order valence-electron chi connectivity index (χ0n) is 20.3. The van der Waals surface area contributed by atoms with Crippen LogP contribution >= 0.6 is 0 Å². The molecule has 0 saturated carbocycles. The van der Waals surface area contributed by atoms with E-state index in [0.29, 0.717) is 18.8 Å². The van der Waals surface area contributed by atoms with E-state index < -0.39 is 17.2 Å². The highest BCUT2D eigenvalue weighted by atomic mass is 19.1. The fraction of sp³-hybridized carbons (Fsp3) is 0.333. The van der Waals surface area contributed by atoms with Gasteiger partial charge in [-0.1, -0.05) is 0 Å². The maximum atomic E-state index is 15.7. The van der Waals surface area contributed by atoms with Crippen molar-refractivity contribution in [2.75, 3.05) is 31.1 Å². The number of nitrogens with zero attached hydrogens (tertiary/aromatic N) is 6. The van der Waals surface area contributed by atoms with E-state index in [-0.39, 0.29) is 28.2 Å². The Balaban J connectivity index is 1.51. The Morgan fingerprint density at radius 1 is 1.11 bits per heavy atom. The Kier molecular flexibility index (Phi) is 5.53. The summed E-state index contributed by atoms with van der Waals surface area (Å²) in [6, 6.07) is 11.0. The molecule has 2 aliphatic heterocycles. The third kappa shape index (κ3) is 3.86. The second-order valence-corrected chi connectivity index (χ2v) is 9.95. The van der Waals surface area contributed by atoms with Crippen LogP contribution in [0, 0.1) is 28.4 Å². The highest BCUT2D eigenvalue weighted by molar-refractivity contribution is 5.81. The number of nitrogens with one attached hydrogen (secondary N) is 1. The average molecular weight is 502 g/mol. The molecule has 0 bridgehead atoms. The van der Waals surface area contributed by atoms with Crippen LogP contribution in [0.1, 0.15) is 24.8 Å². The Morgan fingerprint density at radius 2 is 1.92 bits per heavy atom. The number of halogens is 2.